The van der Waals surface area contributed by atoms with Crippen LogP contribution < -0.4 is 0 Å². The molecule has 3 rings (SSSR count). The molecule has 0 aliphatic rings. The first kappa shape index (κ1) is 13.3. The van der Waals surface area contributed by atoms with Gasteiger partial charge in [0.05, 0.1) is 12.1 Å². The lowest BCUT2D eigenvalue weighted by Gasteiger charge is -2.02. The van der Waals surface area contributed by atoms with Crippen molar-refractivity contribution in [3.8, 4) is 0 Å². The second-order valence-electron chi connectivity index (χ2n) is 4.00. The number of hydrogen-bond donors (Lipinski definition) is 1. The highest BCUT2D eigenvalue weighted by Gasteiger charge is 2.11. The normalized spacial score (nSPS) is 10.8. The standard InChI is InChI=1S/C13H9BrN4OS/c14-9-3-1-2-8(4-9)10(19)5-20-13-11-12(16-6-15-11)17-7-18-13/h1-4,6-7H,5H2,(H,15,16,17,18). The summed E-state index contributed by atoms with van der Waals surface area (Å²) in [6.07, 6.45) is 3.02. The zero-order valence-corrected chi connectivity index (χ0v) is 12.6. The van der Waals surface area contributed by atoms with Gasteiger partial charge in [0.25, 0.3) is 0 Å². The average molecular weight is 349 g/mol. The molecule has 100 valence electrons. The molecule has 20 heavy (non-hydrogen) atoms. The van der Waals surface area contributed by atoms with Crippen LogP contribution in [-0.4, -0.2) is 31.5 Å². The molecule has 2 heterocycles. The SMILES string of the molecule is O=C(CSc1ncnc2nc[nH]c12)c1cccc(Br)c1. The first-order valence-electron chi connectivity index (χ1n) is 5.79. The quantitative estimate of drug-likeness (QED) is 0.445. The van der Waals surface area contributed by atoms with Crippen LogP contribution in [0.25, 0.3) is 11.2 Å². The Morgan fingerprint density at radius 3 is 3.05 bits per heavy atom. The van der Waals surface area contributed by atoms with Crippen molar-refractivity contribution in [2.45, 2.75) is 5.03 Å². The van der Waals surface area contributed by atoms with Crippen LogP contribution >= 0.6 is 27.7 Å². The van der Waals surface area contributed by atoms with Gasteiger partial charge in [-0.2, -0.15) is 0 Å². The molecule has 0 aliphatic carbocycles. The number of nitrogens with zero attached hydrogens (tertiary/aromatic N) is 3. The summed E-state index contributed by atoms with van der Waals surface area (Å²) in [5.74, 6) is 0.379. The Hall–Kier alpha value is -1.73. The van der Waals surface area contributed by atoms with Crippen molar-refractivity contribution in [1.29, 1.82) is 0 Å². The van der Waals surface area contributed by atoms with Crippen molar-refractivity contribution in [1.82, 2.24) is 19.9 Å². The molecule has 0 saturated carbocycles. The number of aromatic amines is 1. The number of rotatable bonds is 4. The van der Waals surface area contributed by atoms with E-state index in [1.165, 1.54) is 18.1 Å². The van der Waals surface area contributed by atoms with Gasteiger partial charge in [-0.3, -0.25) is 4.79 Å². The van der Waals surface area contributed by atoms with Gasteiger partial charge in [-0.05, 0) is 12.1 Å². The minimum absolute atomic E-state index is 0.0579. The number of fused-ring (bicyclic) bond motifs is 1. The van der Waals surface area contributed by atoms with Gasteiger partial charge in [-0.25, -0.2) is 15.0 Å². The van der Waals surface area contributed by atoms with Crippen molar-refractivity contribution < 1.29 is 4.79 Å². The monoisotopic (exact) mass is 348 g/mol. The summed E-state index contributed by atoms with van der Waals surface area (Å²) in [4.78, 5) is 27.4. The Labute approximate surface area is 127 Å². The predicted octanol–water partition coefficient (Wildman–Crippen LogP) is 3.09. The predicted molar refractivity (Wildman–Crippen MR) is 80.9 cm³/mol. The van der Waals surface area contributed by atoms with E-state index in [1.54, 1.807) is 12.4 Å². The van der Waals surface area contributed by atoms with Gasteiger partial charge in [0.2, 0.25) is 0 Å². The van der Waals surface area contributed by atoms with E-state index >= 15 is 0 Å². The van der Waals surface area contributed by atoms with Crippen LogP contribution in [-0.2, 0) is 0 Å². The number of hydrogen-bond acceptors (Lipinski definition) is 5. The number of ketones is 1. The number of imidazole rings is 1. The number of Topliss-reactive ketones (excluding diaryl/α,β-unsaturated/α-hetero) is 1. The van der Waals surface area contributed by atoms with Crippen molar-refractivity contribution >= 4 is 44.6 Å². The van der Waals surface area contributed by atoms with Crippen molar-refractivity contribution in [2.24, 2.45) is 0 Å². The highest BCUT2D eigenvalue weighted by atomic mass is 79.9. The molecule has 0 bridgehead atoms. The van der Waals surface area contributed by atoms with Crippen LogP contribution in [0.1, 0.15) is 10.4 Å². The highest BCUT2D eigenvalue weighted by Crippen LogP contribution is 2.23. The Balaban J connectivity index is 1.76. The molecule has 0 aliphatic heterocycles. The lowest BCUT2D eigenvalue weighted by atomic mass is 10.2. The fourth-order valence-electron chi connectivity index (χ4n) is 1.73. The van der Waals surface area contributed by atoms with E-state index in [9.17, 15) is 4.79 Å². The lowest BCUT2D eigenvalue weighted by Crippen LogP contribution is -2.02. The number of H-pyrrole nitrogens is 1. The van der Waals surface area contributed by atoms with Gasteiger partial charge < -0.3 is 4.98 Å². The summed E-state index contributed by atoms with van der Waals surface area (Å²) in [6, 6.07) is 7.36. The molecule has 0 spiro atoms. The van der Waals surface area contributed by atoms with E-state index in [2.05, 4.69) is 35.9 Å². The first-order chi connectivity index (χ1) is 9.74. The second kappa shape index (κ2) is 5.72. The first-order valence-corrected chi connectivity index (χ1v) is 7.57. The van der Waals surface area contributed by atoms with Gasteiger partial charge in [0, 0.05) is 10.0 Å². The molecule has 5 nitrogen and oxygen atoms in total. The number of benzene rings is 1. The number of carbonyl (C=O) groups is 1. The molecule has 0 unspecified atom stereocenters. The molecule has 0 atom stereocenters. The third-order valence-corrected chi connectivity index (χ3v) is 4.16. The Morgan fingerprint density at radius 2 is 2.20 bits per heavy atom. The lowest BCUT2D eigenvalue weighted by molar-refractivity contribution is 0.102. The van der Waals surface area contributed by atoms with E-state index in [-0.39, 0.29) is 5.78 Å². The zero-order chi connectivity index (χ0) is 13.9. The maximum atomic E-state index is 12.1. The molecule has 1 aromatic carbocycles. The molecule has 1 N–H and O–H groups in total. The fourth-order valence-corrected chi connectivity index (χ4v) is 2.98. The smallest absolute Gasteiger partial charge is 0.181 e. The highest BCUT2D eigenvalue weighted by molar-refractivity contribution is 9.10. The molecule has 0 fully saturated rings. The maximum Gasteiger partial charge on any atom is 0.181 e. The largest absolute Gasteiger partial charge is 0.341 e. The Bertz CT molecular complexity index is 774. The van der Waals surface area contributed by atoms with E-state index in [4.69, 9.17) is 0 Å². The van der Waals surface area contributed by atoms with Crippen molar-refractivity contribution in [2.75, 3.05) is 5.75 Å². The van der Waals surface area contributed by atoms with Crippen LogP contribution in [0.15, 0.2) is 46.4 Å². The third-order valence-electron chi connectivity index (χ3n) is 2.67. The van der Waals surface area contributed by atoms with Gasteiger partial charge in [0.1, 0.15) is 16.9 Å². The summed E-state index contributed by atoms with van der Waals surface area (Å²) < 4.78 is 0.895. The minimum Gasteiger partial charge on any atom is -0.341 e. The number of halogens is 1. The Kier molecular flexibility index (Phi) is 3.79. The number of nitrogens with one attached hydrogen (secondary N) is 1. The van der Waals surface area contributed by atoms with Crippen LogP contribution in [0.5, 0.6) is 0 Å². The van der Waals surface area contributed by atoms with Gasteiger partial charge in [0.15, 0.2) is 11.4 Å². The van der Waals surface area contributed by atoms with Crippen molar-refractivity contribution in [3.05, 3.63) is 47.0 Å². The summed E-state index contributed by atoms with van der Waals surface area (Å²) >= 11 is 4.74. The van der Waals surface area contributed by atoms with Gasteiger partial charge in [-0.15, -0.1) is 0 Å². The van der Waals surface area contributed by atoms with Gasteiger partial charge in [-0.1, -0.05) is 39.8 Å². The summed E-state index contributed by atoms with van der Waals surface area (Å²) in [7, 11) is 0. The van der Waals surface area contributed by atoms with E-state index in [1.807, 2.05) is 18.2 Å². The molecule has 0 saturated heterocycles. The van der Waals surface area contributed by atoms with Crippen LogP contribution in [0.2, 0.25) is 0 Å². The topological polar surface area (TPSA) is 71.5 Å². The van der Waals surface area contributed by atoms with E-state index < -0.39 is 0 Å². The third kappa shape index (κ3) is 2.73. The molecule has 0 amide bonds. The van der Waals surface area contributed by atoms with Gasteiger partial charge >= 0.3 is 0 Å². The van der Waals surface area contributed by atoms with Crippen LogP contribution in [0, 0.1) is 0 Å². The maximum absolute atomic E-state index is 12.1. The zero-order valence-electron chi connectivity index (χ0n) is 10.2. The summed E-state index contributed by atoms with van der Waals surface area (Å²) in [6.45, 7) is 0. The fraction of sp³-hybridized carbons (Fsp3) is 0.0769. The second-order valence-corrected chi connectivity index (χ2v) is 5.88. The number of carbonyl (C=O) groups excluding carboxylic acids is 1. The molecule has 7 heteroatoms. The average Bonchev–Trinajstić information content (AvgIpc) is 2.93. The molecular formula is C13H9BrN4OS. The summed E-state index contributed by atoms with van der Waals surface area (Å²) in [5, 5.41) is 0.732. The van der Waals surface area contributed by atoms with Crippen LogP contribution in [0.3, 0.4) is 0 Å². The van der Waals surface area contributed by atoms with Crippen LogP contribution in [0.4, 0.5) is 0 Å². The van der Waals surface area contributed by atoms with E-state index in [0.29, 0.717) is 17.0 Å². The minimum atomic E-state index is 0.0579. The Morgan fingerprint density at radius 1 is 1.30 bits per heavy atom. The molecular weight excluding hydrogens is 340 g/mol. The molecule has 2 aromatic heterocycles. The molecule has 3 aromatic rings. The summed E-state index contributed by atoms with van der Waals surface area (Å²) in [5.41, 5.74) is 2.05. The molecule has 0 radical (unpaired) electrons. The van der Waals surface area contributed by atoms with Crippen molar-refractivity contribution in [3.63, 3.8) is 0 Å². The van der Waals surface area contributed by atoms with E-state index in [0.717, 1.165) is 15.0 Å². The number of thioether (sulfide) groups is 1. The number of aromatic nitrogens is 4.